The van der Waals surface area contributed by atoms with Crippen molar-refractivity contribution in [3.63, 3.8) is 0 Å². The Morgan fingerprint density at radius 2 is 2.22 bits per heavy atom. The molecule has 1 N–H and O–H groups in total. The number of carbonyl (C=O) groups is 1. The molecule has 0 saturated heterocycles. The molecule has 0 radical (unpaired) electrons. The van der Waals surface area contributed by atoms with Crippen molar-refractivity contribution in [2.24, 2.45) is 0 Å². The second-order valence-corrected chi connectivity index (χ2v) is 11.2. The van der Waals surface area contributed by atoms with Crippen molar-refractivity contribution in [3.05, 3.63) is 18.0 Å². The number of alkyl carbamates (subject to hydrolysis) is 1. The summed E-state index contributed by atoms with van der Waals surface area (Å²) in [6.07, 6.45) is 1.56. The average molecular weight is 269 g/mol. The van der Waals surface area contributed by atoms with Gasteiger partial charge in [0.2, 0.25) is 0 Å². The van der Waals surface area contributed by atoms with Crippen LogP contribution in [0.5, 0.6) is 0 Å². The van der Waals surface area contributed by atoms with Gasteiger partial charge in [0.1, 0.15) is 0 Å². The van der Waals surface area contributed by atoms with Gasteiger partial charge in [0.05, 0.1) is 18.8 Å². The van der Waals surface area contributed by atoms with E-state index in [0.717, 1.165) is 11.7 Å². The highest BCUT2D eigenvalue weighted by Gasteiger charge is 2.13. The van der Waals surface area contributed by atoms with E-state index in [1.165, 1.54) is 0 Å². The molecule has 0 aliphatic heterocycles. The van der Waals surface area contributed by atoms with Crippen LogP contribution in [0.2, 0.25) is 25.7 Å². The zero-order valence-corrected chi connectivity index (χ0v) is 12.7. The molecule has 1 rings (SSSR count). The molecule has 0 atom stereocenters. The van der Waals surface area contributed by atoms with Crippen LogP contribution in [0.1, 0.15) is 5.69 Å². The van der Waals surface area contributed by atoms with Crippen molar-refractivity contribution in [1.29, 1.82) is 0 Å². The lowest BCUT2D eigenvalue weighted by molar-refractivity contribution is 0.151. The first-order valence-electron chi connectivity index (χ1n) is 6.27. The number of rotatable bonds is 6. The van der Waals surface area contributed by atoms with Gasteiger partial charge >= 0.3 is 6.09 Å². The quantitative estimate of drug-likeness (QED) is 0.806. The minimum absolute atomic E-state index is 0.336. The van der Waals surface area contributed by atoms with Crippen molar-refractivity contribution in [2.45, 2.75) is 39.2 Å². The molecule has 18 heavy (non-hydrogen) atoms. The SMILES string of the molecule is Cc1ccn(CCNC(=O)OCC[Si](C)(C)C)n1. The summed E-state index contributed by atoms with van der Waals surface area (Å²) in [7, 11) is -1.12. The molecule has 0 fully saturated rings. The van der Waals surface area contributed by atoms with Gasteiger partial charge in [-0.3, -0.25) is 4.68 Å². The summed E-state index contributed by atoms with van der Waals surface area (Å²) < 4.78 is 6.92. The Kier molecular flexibility index (Phi) is 5.40. The van der Waals surface area contributed by atoms with E-state index in [2.05, 4.69) is 30.1 Å². The number of aryl methyl sites for hydroxylation is 1. The zero-order chi connectivity index (χ0) is 13.6. The van der Waals surface area contributed by atoms with E-state index in [-0.39, 0.29) is 6.09 Å². The molecule has 5 nitrogen and oxygen atoms in total. The summed E-state index contributed by atoms with van der Waals surface area (Å²) in [5.74, 6) is 0. The smallest absolute Gasteiger partial charge is 0.407 e. The van der Waals surface area contributed by atoms with E-state index in [0.29, 0.717) is 19.7 Å². The molecule has 1 aromatic rings. The normalized spacial score (nSPS) is 11.3. The third-order valence-corrected chi connectivity index (χ3v) is 4.17. The van der Waals surface area contributed by atoms with Crippen LogP contribution in [-0.4, -0.2) is 37.1 Å². The minimum atomic E-state index is -1.12. The van der Waals surface area contributed by atoms with Gasteiger partial charge in [0, 0.05) is 20.8 Å². The van der Waals surface area contributed by atoms with Gasteiger partial charge in [0.15, 0.2) is 0 Å². The summed E-state index contributed by atoms with van der Waals surface area (Å²) in [5.41, 5.74) is 0.979. The number of ether oxygens (including phenoxy) is 1. The van der Waals surface area contributed by atoms with Crippen LogP contribution >= 0.6 is 0 Å². The van der Waals surface area contributed by atoms with Crippen LogP contribution in [0.3, 0.4) is 0 Å². The van der Waals surface area contributed by atoms with Gasteiger partial charge < -0.3 is 10.1 Å². The van der Waals surface area contributed by atoms with Crippen molar-refractivity contribution >= 4 is 14.2 Å². The minimum Gasteiger partial charge on any atom is -0.450 e. The number of aromatic nitrogens is 2. The first-order chi connectivity index (χ1) is 8.37. The van der Waals surface area contributed by atoms with Gasteiger partial charge in [-0.15, -0.1) is 0 Å². The molecule has 0 saturated carbocycles. The first kappa shape index (κ1) is 14.8. The van der Waals surface area contributed by atoms with E-state index >= 15 is 0 Å². The van der Waals surface area contributed by atoms with Crippen LogP contribution < -0.4 is 5.32 Å². The Bertz CT molecular complexity index is 385. The van der Waals surface area contributed by atoms with Crippen LogP contribution in [0.15, 0.2) is 12.3 Å². The molecule has 102 valence electrons. The van der Waals surface area contributed by atoms with Gasteiger partial charge in [-0.2, -0.15) is 5.10 Å². The van der Waals surface area contributed by atoms with Crippen LogP contribution in [0, 0.1) is 6.92 Å². The molecule has 0 spiro atoms. The molecule has 0 bridgehead atoms. The van der Waals surface area contributed by atoms with Crippen molar-refractivity contribution in [1.82, 2.24) is 15.1 Å². The van der Waals surface area contributed by atoms with Gasteiger partial charge in [-0.05, 0) is 19.0 Å². The predicted molar refractivity (Wildman–Crippen MR) is 74.5 cm³/mol. The molecule has 1 aromatic heterocycles. The summed E-state index contributed by atoms with van der Waals surface area (Å²) in [5, 5.41) is 6.95. The zero-order valence-electron chi connectivity index (χ0n) is 11.7. The van der Waals surface area contributed by atoms with Crippen molar-refractivity contribution in [2.75, 3.05) is 13.2 Å². The Labute approximate surface area is 110 Å². The second-order valence-electron chi connectivity index (χ2n) is 5.59. The molecule has 6 heteroatoms. The molecule has 1 amide bonds. The molecule has 0 aliphatic carbocycles. The fourth-order valence-corrected chi connectivity index (χ4v) is 2.08. The Morgan fingerprint density at radius 1 is 1.50 bits per heavy atom. The predicted octanol–water partition coefficient (Wildman–Crippen LogP) is 2.26. The first-order valence-corrected chi connectivity index (χ1v) is 9.98. The number of amides is 1. The summed E-state index contributed by atoms with van der Waals surface area (Å²) in [6.45, 7) is 10.4. The fraction of sp³-hybridized carbons (Fsp3) is 0.667. The second kappa shape index (κ2) is 6.58. The largest absolute Gasteiger partial charge is 0.450 e. The van der Waals surface area contributed by atoms with Crippen LogP contribution in [0.25, 0.3) is 0 Å². The highest BCUT2D eigenvalue weighted by Crippen LogP contribution is 2.07. The molecular weight excluding hydrogens is 246 g/mol. The average Bonchev–Trinajstić information content (AvgIpc) is 2.62. The maximum absolute atomic E-state index is 11.4. The standard InChI is InChI=1S/C12H23N3O2Si/c1-11-5-7-15(14-11)8-6-13-12(16)17-9-10-18(2,3)4/h5,7H,6,8-10H2,1-4H3,(H,13,16). The molecule has 0 unspecified atom stereocenters. The van der Waals surface area contributed by atoms with Gasteiger partial charge in [0.25, 0.3) is 0 Å². The number of hydrogen-bond donors (Lipinski definition) is 1. The summed E-state index contributed by atoms with van der Waals surface area (Å²) in [6, 6.07) is 2.94. The van der Waals surface area contributed by atoms with Crippen molar-refractivity contribution < 1.29 is 9.53 Å². The maximum Gasteiger partial charge on any atom is 0.407 e. The Hall–Kier alpha value is -1.30. The van der Waals surface area contributed by atoms with E-state index in [9.17, 15) is 4.79 Å². The number of carbonyl (C=O) groups excluding carboxylic acids is 1. The van der Waals surface area contributed by atoms with Crippen LogP contribution in [0.4, 0.5) is 4.79 Å². The molecule has 1 heterocycles. The lowest BCUT2D eigenvalue weighted by Gasteiger charge is -2.15. The highest BCUT2D eigenvalue weighted by molar-refractivity contribution is 6.76. The van der Waals surface area contributed by atoms with E-state index < -0.39 is 8.07 Å². The lowest BCUT2D eigenvalue weighted by Crippen LogP contribution is -2.30. The number of nitrogens with zero attached hydrogens (tertiary/aromatic N) is 2. The van der Waals surface area contributed by atoms with Crippen molar-refractivity contribution in [3.8, 4) is 0 Å². The van der Waals surface area contributed by atoms with E-state index in [4.69, 9.17) is 4.74 Å². The third-order valence-electron chi connectivity index (χ3n) is 2.47. The highest BCUT2D eigenvalue weighted by atomic mass is 28.3. The molecule has 0 aromatic carbocycles. The van der Waals surface area contributed by atoms with E-state index in [1.54, 1.807) is 4.68 Å². The third kappa shape index (κ3) is 6.44. The number of nitrogens with one attached hydrogen (secondary N) is 1. The fourth-order valence-electron chi connectivity index (χ4n) is 1.36. The Balaban J connectivity index is 2.10. The lowest BCUT2D eigenvalue weighted by atomic mass is 10.5. The van der Waals surface area contributed by atoms with Gasteiger partial charge in [-0.1, -0.05) is 19.6 Å². The topological polar surface area (TPSA) is 56.2 Å². The van der Waals surface area contributed by atoms with Gasteiger partial charge in [-0.25, -0.2) is 4.79 Å². The monoisotopic (exact) mass is 269 g/mol. The Morgan fingerprint density at radius 3 is 2.78 bits per heavy atom. The summed E-state index contributed by atoms with van der Waals surface area (Å²) in [4.78, 5) is 11.4. The molecule has 0 aliphatic rings. The molecular formula is C12H23N3O2Si. The summed E-state index contributed by atoms with van der Waals surface area (Å²) >= 11 is 0. The van der Waals surface area contributed by atoms with E-state index in [1.807, 2.05) is 19.2 Å². The maximum atomic E-state index is 11.4. The van der Waals surface area contributed by atoms with Crippen LogP contribution in [-0.2, 0) is 11.3 Å². The number of hydrogen-bond acceptors (Lipinski definition) is 3.